The van der Waals surface area contributed by atoms with Gasteiger partial charge in [-0.15, -0.1) is 10.2 Å². The van der Waals surface area contributed by atoms with Gasteiger partial charge in [0.05, 0.1) is 5.75 Å². The van der Waals surface area contributed by atoms with Crippen molar-refractivity contribution in [1.29, 1.82) is 0 Å². The molecule has 0 aliphatic heterocycles. The van der Waals surface area contributed by atoms with Crippen LogP contribution in [0.2, 0.25) is 0 Å². The summed E-state index contributed by atoms with van der Waals surface area (Å²) >= 11 is 5.09. The maximum Gasteiger partial charge on any atom is 0.175 e. The summed E-state index contributed by atoms with van der Waals surface area (Å²) in [5, 5.41) is 8.40. The molecule has 0 unspecified atom stereocenters. The highest BCUT2D eigenvalue weighted by atomic mass is 32.2. The van der Waals surface area contributed by atoms with Gasteiger partial charge in [-0.05, 0) is 11.3 Å². The molecule has 0 aliphatic rings. The number of aromatic nitrogens is 4. The van der Waals surface area contributed by atoms with Gasteiger partial charge in [-0.25, -0.2) is 4.98 Å². The Morgan fingerprint density at radius 2 is 1.86 bits per heavy atom. The molecule has 0 aliphatic carbocycles. The molecule has 0 amide bonds. The lowest BCUT2D eigenvalue weighted by molar-refractivity contribution is 0.756. The van der Waals surface area contributed by atoms with E-state index in [9.17, 15) is 0 Å². The molecule has 0 saturated heterocycles. The molecule has 0 N–H and O–H groups in total. The van der Waals surface area contributed by atoms with E-state index in [1.165, 1.54) is 5.56 Å². The molecule has 3 aromatic rings. The van der Waals surface area contributed by atoms with Crippen LogP contribution in [0.3, 0.4) is 0 Å². The molecule has 0 radical (unpaired) electrons. The van der Waals surface area contributed by atoms with Crippen LogP contribution >= 0.6 is 34.9 Å². The van der Waals surface area contributed by atoms with Gasteiger partial charge < -0.3 is 4.57 Å². The van der Waals surface area contributed by atoms with Crippen molar-refractivity contribution in [2.45, 2.75) is 27.9 Å². The predicted molar refractivity (Wildman–Crippen MR) is 93.6 cm³/mol. The molecule has 0 atom stereocenters. The highest BCUT2D eigenvalue weighted by Gasteiger charge is 2.08. The molecule has 0 saturated carbocycles. The quantitative estimate of drug-likeness (QED) is 0.599. The summed E-state index contributed by atoms with van der Waals surface area (Å²) in [5.41, 5.74) is 1.28. The first-order chi connectivity index (χ1) is 10.8. The summed E-state index contributed by atoms with van der Waals surface area (Å²) in [6.45, 7) is 2.98. The maximum absolute atomic E-state index is 4.46. The van der Waals surface area contributed by atoms with Crippen molar-refractivity contribution in [3.05, 3.63) is 54.1 Å². The van der Waals surface area contributed by atoms with Crippen LogP contribution in [0.15, 0.2) is 51.4 Å². The molecule has 7 heteroatoms. The highest BCUT2D eigenvalue weighted by Crippen LogP contribution is 2.30. The number of hydrogen-bond acceptors (Lipinski definition) is 6. The van der Waals surface area contributed by atoms with Gasteiger partial charge in [-0.3, -0.25) is 0 Å². The molecule has 3 rings (SSSR count). The fraction of sp³-hybridized carbons (Fsp3) is 0.267. The van der Waals surface area contributed by atoms with E-state index in [2.05, 4.69) is 50.9 Å². The molecule has 22 heavy (non-hydrogen) atoms. The van der Waals surface area contributed by atoms with Crippen LogP contribution in [0.5, 0.6) is 0 Å². The van der Waals surface area contributed by atoms with Crippen LogP contribution in [0, 0.1) is 0 Å². The lowest BCUT2D eigenvalue weighted by atomic mass is 10.2. The Morgan fingerprint density at radius 3 is 2.64 bits per heavy atom. The van der Waals surface area contributed by atoms with Crippen LogP contribution in [0.1, 0.15) is 18.3 Å². The minimum Gasteiger partial charge on any atom is -0.330 e. The lowest BCUT2D eigenvalue weighted by Gasteiger charge is -2.07. The van der Waals surface area contributed by atoms with Gasteiger partial charge in [0.2, 0.25) is 0 Å². The Morgan fingerprint density at radius 1 is 1.09 bits per heavy atom. The first-order valence-electron chi connectivity index (χ1n) is 6.98. The first-order valence-corrected chi connectivity index (χ1v) is 9.77. The standard InChI is InChI=1S/C15H16N4S3/c1-2-20-14-17-18-15(22-14)21-11-13-16-8-9-19(13)10-12-6-4-3-5-7-12/h3-9H,2,10-11H2,1H3. The van der Waals surface area contributed by atoms with Crippen molar-refractivity contribution < 1.29 is 0 Å². The van der Waals surface area contributed by atoms with E-state index in [4.69, 9.17) is 0 Å². The highest BCUT2D eigenvalue weighted by molar-refractivity contribution is 8.02. The van der Waals surface area contributed by atoms with Crippen molar-refractivity contribution in [3.8, 4) is 0 Å². The third-order valence-electron chi connectivity index (χ3n) is 2.98. The molecule has 0 bridgehead atoms. The average Bonchev–Trinajstić information content (AvgIpc) is 3.16. The van der Waals surface area contributed by atoms with Crippen molar-refractivity contribution >= 4 is 34.9 Å². The Kier molecular flexibility index (Phi) is 5.53. The van der Waals surface area contributed by atoms with Gasteiger partial charge in [0.15, 0.2) is 8.68 Å². The SMILES string of the molecule is CCSc1nnc(SCc2nccn2Cc2ccccc2)s1. The largest absolute Gasteiger partial charge is 0.330 e. The molecule has 2 heterocycles. The molecular weight excluding hydrogens is 332 g/mol. The third-order valence-corrected chi connectivity index (χ3v) is 6.05. The van der Waals surface area contributed by atoms with E-state index >= 15 is 0 Å². The summed E-state index contributed by atoms with van der Waals surface area (Å²) in [7, 11) is 0. The Balaban J connectivity index is 1.62. The molecule has 114 valence electrons. The second-order valence-electron chi connectivity index (χ2n) is 4.51. The molecule has 2 aromatic heterocycles. The smallest absolute Gasteiger partial charge is 0.175 e. The van der Waals surface area contributed by atoms with Gasteiger partial charge in [0.25, 0.3) is 0 Å². The summed E-state index contributed by atoms with van der Waals surface area (Å²) in [6.07, 6.45) is 3.89. The number of thioether (sulfide) groups is 2. The second-order valence-corrected chi connectivity index (χ2v) is 8.22. The topological polar surface area (TPSA) is 43.6 Å². The predicted octanol–water partition coefficient (Wildman–Crippen LogP) is 4.19. The van der Waals surface area contributed by atoms with Crippen molar-refractivity contribution in [1.82, 2.24) is 19.7 Å². The Labute approximate surface area is 142 Å². The van der Waals surface area contributed by atoms with Crippen LogP contribution < -0.4 is 0 Å². The summed E-state index contributed by atoms with van der Waals surface area (Å²) in [5.74, 6) is 2.90. The van der Waals surface area contributed by atoms with Crippen LogP contribution in [0.4, 0.5) is 0 Å². The fourth-order valence-corrected chi connectivity index (χ4v) is 4.85. The zero-order valence-electron chi connectivity index (χ0n) is 12.2. The number of imidazole rings is 1. The third kappa shape index (κ3) is 4.12. The molecule has 0 fully saturated rings. The lowest BCUT2D eigenvalue weighted by Crippen LogP contribution is -2.03. The minimum atomic E-state index is 0.811. The number of rotatable bonds is 7. The van der Waals surface area contributed by atoms with E-state index < -0.39 is 0 Å². The van der Waals surface area contributed by atoms with Gasteiger partial charge >= 0.3 is 0 Å². The zero-order valence-corrected chi connectivity index (χ0v) is 14.6. The molecular formula is C15H16N4S3. The summed E-state index contributed by atoms with van der Waals surface area (Å²) < 4.78 is 4.23. The summed E-state index contributed by atoms with van der Waals surface area (Å²) in [6, 6.07) is 10.4. The Bertz CT molecular complexity index is 708. The van der Waals surface area contributed by atoms with E-state index in [-0.39, 0.29) is 0 Å². The van der Waals surface area contributed by atoms with E-state index in [1.54, 1.807) is 34.9 Å². The van der Waals surface area contributed by atoms with Crippen molar-refractivity contribution in [3.63, 3.8) is 0 Å². The zero-order chi connectivity index (χ0) is 15.2. The van der Waals surface area contributed by atoms with Crippen LogP contribution in [-0.4, -0.2) is 25.5 Å². The fourth-order valence-electron chi connectivity index (χ4n) is 1.97. The van der Waals surface area contributed by atoms with Crippen LogP contribution in [0.25, 0.3) is 0 Å². The number of hydrogen-bond donors (Lipinski definition) is 0. The second kappa shape index (κ2) is 7.80. The molecule has 1 aromatic carbocycles. The number of nitrogens with zero attached hydrogens (tertiary/aromatic N) is 4. The van der Waals surface area contributed by atoms with Crippen LogP contribution in [-0.2, 0) is 12.3 Å². The first kappa shape index (κ1) is 15.6. The summed E-state index contributed by atoms with van der Waals surface area (Å²) in [4.78, 5) is 4.46. The normalized spacial score (nSPS) is 11.0. The number of benzene rings is 1. The van der Waals surface area contributed by atoms with E-state index in [0.717, 1.165) is 32.6 Å². The van der Waals surface area contributed by atoms with Gasteiger partial charge in [0.1, 0.15) is 5.82 Å². The van der Waals surface area contributed by atoms with Gasteiger partial charge in [-0.2, -0.15) is 0 Å². The molecule has 4 nitrogen and oxygen atoms in total. The Hall–Kier alpha value is -1.31. The van der Waals surface area contributed by atoms with Crippen molar-refractivity contribution in [2.75, 3.05) is 5.75 Å². The maximum atomic E-state index is 4.46. The average molecular weight is 349 g/mol. The molecule has 0 spiro atoms. The van der Waals surface area contributed by atoms with Gasteiger partial charge in [-0.1, -0.05) is 72.1 Å². The minimum absolute atomic E-state index is 0.811. The van der Waals surface area contributed by atoms with E-state index in [1.807, 2.05) is 18.5 Å². The monoisotopic (exact) mass is 348 g/mol. The van der Waals surface area contributed by atoms with E-state index in [0.29, 0.717) is 0 Å². The van der Waals surface area contributed by atoms with Gasteiger partial charge in [0, 0.05) is 18.9 Å². The van der Waals surface area contributed by atoms with Crippen molar-refractivity contribution in [2.24, 2.45) is 0 Å².